The second kappa shape index (κ2) is 6.17. The number of hydrogen-bond acceptors (Lipinski definition) is 5. The highest BCUT2D eigenvalue weighted by molar-refractivity contribution is 5.55. The molecular weight excluding hydrogens is 280 g/mol. The first kappa shape index (κ1) is 13.9. The van der Waals surface area contributed by atoms with E-state index >= 15 is 0 Å². The van der Waals surface area contributed by atoms with Crippen molar-refractivity contribution in [3.63, 3.8) is 0 Å². The Morgan fingerprint density at radius 2 is 1.68 bits per heavy atom. The van der Waals surface area contributed by atoms with E-state index in [1.54, 1.807) is 19.2 Å². The molecule has 3 rings (SSSR count). The van der Waals surface area contributed by atoms with Crippen molar-refractivity contribution in [1.29, 1.82) is 0 Å². The number of anilines is 1. The molecule has 1 heterocycles. The summed E-state index contributed by atoms with van der Waals surface area (Å²) in [6.07, 6.45) is 0. The fourth-order valence-electron chi connectivity index (χ4n) is 1.94. The Morgan fingerprint density at radius 1 is 1.00 bits per heavy atom. The zero-order valence-electron chi connectivity index (χ0n) is 12.1. The van der Waals surface area contributed by atoms with Crippen molar-refractivity contribution in [1.82, 2.24) is 15.2 Å². The predicted molar refractivity (Wildman–Crippen MR) is 83.6 cm³/mol. The van der Waals surface area contributed by atoms with E-state index in [0.717, 1.165) is 17.1 Å². The minimum absolute atomic E-state index is 0.313. The molecule has 2 aromatic carbocycles. The van der Waals surface area contributed by atoms with E-state index in [1.165, 1.54) is 0 Å². The van der Waals surface area contributed by atoms with Crippen LogP contribution in [0.5, 0.6) is 11.5 Å². The minimum Gasteiger partial charge on any atom is -0.497 e. The summed E-state index contributed by atoms with van der Waals surface area (Å²) in [5.74, 6) is 2.81. The van der Waals surface area contributed by atoms with Gasteiger partial charge in [-0.05, 0) is 48.5 Å². The van der Waals surface area contributed by atoms with Crippen molar-refractivity contribution < 1.29 is 9.47 Å². The summed E-state index contributed by atoms with van der Waals surface area (Å²) in [6.45, 7) is 0.313. The molecule has 0 saturated heterocycles. The first-order valence-electron chi connectivity index (χ1n) is 6.78. The van der Waals surface area contributed by atoms with E-state index in [0.29, 0.717) is 23.9 Å². The smallest absolute Gasteiger partial charge is 0.181 e. The summed E-state index contributed by atoms with van der Waals surface area (Å²) in [5, 5.41) is 7.06. The van der Waals surface area contributed by atoms with Gasteiger partial charge in [-0.25, -0.2) is 4.98 Å². The molecule has 0 aliphatic carbocycles. The van der Waals surface area contributed by atoms with E-state index in [-0.39, 0.29) is 0 Å². The molecule has 6 heteroatoms. The van der Waals surface area contributed by atoms with Gasteiger partial charge in [0.2, 0.25) is 0 Å². The van der Waals surface area contributed by atoms with Gasteiger partial charge in [0.1, 0.15) is 18.1 Å². The number of hydrogen-bond donors (Lipinski definition) is 2. The number of nitrogen functional groups attached to an aromatic ring is 1. The molecule has 0 fully saturated rings. The largest absolute Gasteiger partial charge is 0.497 e. The Hall–Kier alpha value is -3.02. The third-order valence-electron chi connectivity index (χ3n) is 3.14. The summed E-state index contributed by atoms with van der Waals surface area (Å²) < 4.78 is 10.8. The van der Waals surface area contributed by atoms with E-state index in [1.807, 2.05) is 36.4 Å². The first-order valence-corrected chi connectivity index (χ1v) is 6.78. The second-order valence-electron chi connectivity index (χ2n) is 4.69. The van der Waals surface area contributed by atoms with Crippen LogP contribution in [0, 0.1) is 0 Å². The number of aromatic amines is 1. The van der Waals surface area contributed by atoms with Gasteiger partial charge < -0.3 is 15.2 Å². The summed E-state index contributed by atoms with van der Waals surface area (Å²) in [4.78, 5) is 4.41. The molecule has 0 unspecified atom stereocenters. The van der Waals surface area contributed by atoms with Gasteiger partial charge in [-0.3, -0.25) is 5.10 Å². The van der Waals surface area contributed by atoms with Crippen molar-refractivity contribution in [3.8, 4) is 22.9 Å². The number of nitrogens with one attached hydrogen (secondary N) is 1. The van der Waals surface area contributed by atoms with Crippen LogP contribution < -0.4 is 15.2 Å². The molecule has 0 bridgehead atoms. The second-order valence-corrected chi connectivity index (χ2v) is 4.69. The van der Waals surface area contributed by atoms with Crippen molar-refractivity contribution in [2.45, 2.75) is 6.61 Å². The summed E-state index contributed by atoms with van der Waals surface area (Å²) >= 11 is 0. The lowest BCUT2D eigenvalue weighted by Gasteiger charge is -2.03. The summed E-state index contributed by atoms with van der Waals surface area (Å²) in [7, 11) is 1.63. The maximum Gasteiger partial charge on any atom is 0.181 e. The van der Waals surface area contributed by atoms with Gasteiger partial charge in [0, 0.05) is 11.3 Å². The molecule has 0 amide bonds. The van der Waals surface area contributed by atoms with E-state index < -0.39 is 0 Å². The van der Waals surface area contributed by atoms with E-state index in [4.69, 9.17) is 15.2 Å². The van der Waals surface area contributed by atoms with Gasteiger partial charge in [-0.15, -0.1) is 0 Å². The lowest BCUT2D eigenvalue weighted by molar-refractivity contribution is 0.296. The average molecular weight is 296 g/mol. The van der Waals surface area contributed by atoms with Crippen LogP contribution in [0.25, 0.3) is 11.4 Å². The number of methoxy groups -OCH3 is 1. The standard InChI is InChI=1S/C16H16N4O2/c1-21-13-6-2-11(3-7-13)16-18-15(19-20-16)10-22-14-8-4-12(17)5-9-14/h2-9H,10,17H2,1H3,(H,18,19,20). The van der Waals surface area contributed by atoms with Crippen molar-refractivity contribution in [2.75, 3.05) is 12.8 Å². The fourth-order valence-corrected chi connectivity index (χ4v) is 1.94. The zero-order chi connectivity index (χ0) is 15.4. The van der Waals surface area contributed by atoms with Gasteiger partial charge in [0.05, 0.1) is 7.11 Å². The molecule has 0 spiro atoms. The van der Waals surface area contributed by atoms with Crippen molar-refractivity contribution in [3.05, 3.63) is 54.4 Å². The molecule has 3 N–H and O–H groups in total. The highest BCUT2D eigenvalue weighted by atomic mass is 16.5. The van der Waals surface area contributed by atoms with Crippen molar-refractivity contribution in [2.24, 2.45) is 0 Å². The van der Waals surface area contributed by atoms with Crippen LogP contribution in [0.1, 0.15) is 5.82 Å². The molecule has 6 nitrogen and oxygen atoms in total. The number of nitrogens with zero attached hydrogens (tertiary/aromatic N) is 2. The molecule has 0 saturated carbocycles. The topological polar surface area (TPSA) is 86.0 Å². The molecular formula is C16H16N4O2. The molecule has 0 radical (unpaired) electrons. The molecule has 0 aliphatic heterocycles. The third kappa shape index (κ3) is 3.17. The Kier molecular flexibility index (Phi) is 3.91. The van der Waals surface area contributed by atoms with Gasteiger partial charge >= 0.3 is 0 Å². The van der Waals surface area contributed by atoms with Gasteiger partial charge in [-0.2, -0.15) is 5.10 Å². The van der Waals surface area contributed by atoms with Crippen LogP contribution in [0.15, 0.2) is 48.5 Å². The van der Waals surface area contributed by atoms with Crippen LogP contribution in [0.2, 0.25) is 0 Å². The minimum atomic E-state index is 0.313. The monoisotopic (exact) mass is 296 g/mol. The highest BCUT2D eigenvalue weighted by Gasteiger charge is 2.06. The van der Waals surface area contributed by atoms with Crippen LogP contribution in [-0.2, 0) is 6.61 Å². The number of H-pyrrole nitrogens is 1. The first-order chi connectivity index (χ1) is 10.7. The third-order valence-corrected chi connectivity index (χ3v) is 3.14. The maximum atomic E-state index is 5.63. The number of ether oxygens (including phenoxy) is 2. The zero-order valence-corrected chi connectivity index (χ0v) is 12.1. The number of rotatable bonds is 5. The lowest BCUT2D eigenvalue weighted by Crippen LogP contribution is -1.97. The summed E-state index contributed by atoms with van der Waals surface area (Å²) in [6, 6.07) is 14.8. The average Bonchev–Trinajstić information content (AvgIpc) is 3.03. The predicted octanol–water partition coefficient (Wildman–Crippen LogP) is 2.64. The molecule has 3 aromatic rings. The Morgan fingerprint density at radius 3 is 2.36 bits per heavy atom. The normalized spacial score (nSPS) is 10.4. The maximum absolute atomic E-state index is 5.63. The Balaban J connectivity index is 1.66. The number of benzene rings is 2. The lowest BCUT2D eigenvalue weighted by atomic mass is 10.2. The molecule has 0 aliphatic rings. The van der Waals surface area contributed by atoms with Crippen LogP contribution in [0.4, 0.5) is 5.69 Å². The van der Waals surface area contributed by atoms with Crippen molar-refractivity contribution >= 4 is 5.69 Å². The van der Waals surface area contributed by atoms with Gasteiger partial charge in [0.15, 0.2) is 11.6 Å². The molecule has 112 valence electrons. The van der Waals surface area contributed by atoms with Crippen LogP contribution >= 0.6 is 0 Å². The van der Waals surface area contributed by atoms with E-state index in [9.17, 15) is 0 Å². The van der Waals surface area contributed by atoms with E-state index in [2.05, 4.69) is 15.2 Å². The molecule has 1 aromatic heterocycles. The summed E-state index contributed by atoms with van der Waals surface area (Å²) in [5.41, 5.74) is 7.24. The quantitative estimate of drug-likeness (QED) is 0.707. The Labute approximate surface area is 127 Å². The van der Waals surface area contributed by atoms with Gasteiger partial charge in [0.25, 0.3) is 0 Å². The van der Waals surface area contributed by atoms with Crippen LogP contribution in [0.3, 0.4) is 0 Å². The SMILES string of the molecule is COc1ccc(-c2n[nH]c(COc3ccc(N)cc3)n2)cc1. The molecule has 0 atom stereocenters. The Bertz CT molecular complexity index is 736. The molecule has 22 heavy (non-hydrogen) atoms. The highest BCUT2D eigenvalue weighted by Crippen LogP contribution is 2.19. The fraction of sp³-hybridized carbons (Fsp3) is 0.125. The number of nitrogens with two attached hydrogens (primary N) is 1. The number of aromatic nitrogens is 3. The van der Waals surface area contributed by atoms with Crippen LogP contribution in [-0.4, -0.2) is 22.3 Å². The van der Waals surface area contributed by atoms with Gasteiger partial charge in [-0.1, -0.05) is 0 Å².